The van der Waals surface area contributed by atoms with E-state index in [4.69, 9.17) is 10.5 Å². The minimum absolute atomic E-state index is 0.0267. The van der Waals surface area contributed by atoms with Crippen molar-refractivity contribution in [3.05, 3.63) is 35.1 Å². The maximum atomic E-state index is 14.0. The van der Waals surface area contributed by atoms with Crippen molar-refractivity contribution in [1.29, 1.82) is 0 Å². The molecule has 0 radical (unpaired) electrons. The average Bonchev–Trinajstić information content (AvgIpc) is 3.02. The molecular weight excluding hydrogens is 447 g/mol. The zero-order valence-electron chi connectivity index (χ0n) is 17.7. The molecule has 3 saturated heterocycles. The van der Waals surface area contributed by atoms with Gasteiger partial charge >= 0.3 is 0 Å². The molecular formula is C21H28F3N3O4S. The third-order valence-corrected chi connectivity index (χ3v) is 8.64. The maximum Gasteiger partial charge on any atom is 0.239 e. The molecule has 2 bridgehead atoms. The molecule has 2 N–H and O–H groups in total. The van der Waals surface area contributed by atoms with Gasteiger partial charge in [-0.3, -0.25) is 4.79 Å². The largest absolute Gasteiger partial charge is 0.379 e. The first-order valence-corrected chi connectivity index (χ1v) is 12.5. The Morgan fingerprint density at radius 3 is 2.28 bits per heavy atom. The summed E-state index contributed by atoms with van der Waals surface area (Å²) in [5.74, 6) is -4.17. The van der Waals surface area contributed by atoms with E-state index in [2.05, 4.69) is 0 Å². The number of sulfonamides is 1. The molecule has 7 nitrogen and oxygen atoms in total. The molecule has 3 atom stereocenters. The van der Waals surface area contributed by atoms with Gasteiger partial charge in [0.1, 0.15) is 11.6 Å². The minimum atomic E-state index is -3.70. The molecule has 3 heterocycles. The Morgan fingerprint density at radius 1 is 1.06 bits per heavy atom. The monoisotopic (exact) mass is 475 g/mol. The highest BCUT2D eigenvalue weighted by molar-refractivity contribution is 7.89. The van der Waals surface area contributed by atoms with Crippen LogP contribution in [0.1, 0.15) is 31.2 Å². The van der Waals surface area contributed by atoms with E-state index < -0.39 is 45.2 Å². The second-order valence-electron chi connectivity index (χ2n) is 8.91. The van der Waals surface area contributed by atoms with Gasteiger partial charge in [-0.1, -0.05) is 0 Å². The highest BCUT2D eigenvalue weighted by Gasteiger charge is 2.45. The molecule has 32 heavy (non-hydrogen) atoms. The van der Waals surface area contributed by atoms with Crippen molar-refractivity contribution in [3.8, 4) is 0 Å². The number of rotatable bonds is 6. The number of benzene rings is 1. The van der Waals surface area contributed by atoms with Crippen molar-refractivity contribution >= 4 is 15.9 Å². The van der Waals surface area contributed by atoms with Gasteiger partial charge in [0.15, 0.2) is 11.6 Å². The first-order chi connectivity index (χ1) is 15.2. The Kier molecular flexibility index (Phi) is 6.81. The predicted molar refractivity (Wildman–Crippen MR) is 111 cm³/mol. The summed E-state index contributed by atoms with van der Waals surface area (Å²) in [4.78, 5) is 14.6. The van der Waals surface area contributed by atoms with Crippen LogP contribution in [-0.2, 0) is 26.0 Å². The van der Waals surface area contributed by atoms with Crippen LogP contribution in [0, 0.1) is 23.4 Å². The number of morpholine rings is 1. The standard InChI is InChI=1S/C21H28F3N3O4S/c22-17-11-19(24)18(23)9-13(17)10-20(25)14-7-15-1-2-16(8-14)27(15)21(28)12-32(29,30)26-3-5-31-6-4-26/h9,11,14-16,20H,1-8,10,12,25H2. The lowest BCUT2D eigenvalue weighted by Crippen LogP contribution is -2.53. The van der Waals surface area contributed by atoms with E-state index in [0.717, 1.165) is 18.9 Å². The summed E-state index contributed by atoms with van der Waals surface area (Å²) in [6, 6.07) is 0.650. The number of piperidine rings is 1. The molecule has 1 aromatic rings. The van der Waals surface area contributed by atoms with Crippen LogP contribution < -0.4 is 5.73 Å². The first kappa shape index (κ1) is 23.5. The highest BCUT2D eigenvalue weighted by atomic mass is 32.2. The van der Waals surface area contributed by atoms with Crippen LogP contribution in [0.5, 0.6) is 0 Å². The Morgan fingerprint density at radius 2 is 1.66 bits per heavy atom. The molecule has 0 aromatic heterocycles. The van der Waals surface area contributed by atoms with Crippen molar-refractivity contribution in [2.75, 3.05) is 32.1 Å². The number of ether oxygens (including phenoxy) is 1. The van der Waals surface area contributed by atoms with E-state index in [1.807, 2.05) is 0 Å². The van der Waals surface area contributed by atoms with Gasteiger partial charge in [-0.15, -0.1) is 0 Å². The molecule has 0 aliphatic carbocycles. The molecule has 1 aromatic carbocycles. The third-order valence-electron chi connectivity index (χ3n) is 6.88. The minimum Gasteiger partial charge on any atom is -0.379 e. The van der Waals surface area contributed by atoms with Crippen LogP contribution in [0.25, 0.3) is 0 Å². The van der Waals surface area contributed by atoms with Crippen molar-refractivity contribution in [2.24, 2.45) is 11.7 Å². The van der Waals surface area contributed by atoms with E-state index in [-0.39, 0.29) is 43.1 Å². The smallest absolute Gasteiger partial charge is 0.239 e. The average molecular weight is 476 g/mol. The van der Waals surface area contributed by atoms with Gasteiger partial charge in [0.25, 0.3) is 0 Å². The van der Waals surface area contributed by atoms with Gasteiger partial charge in [0.05, 0.1) is 13.2 Å². The van der Waals surface area contributed by atoms with Gasteiger partial charge in [-0.05, 0) is 49.7 Å². The Hall–Kier alpha value is -1.69. The molecule has 178 valence electrons. The van der Waals surface area contributed by atoms with Crippen molar-refractivity contribution < 1.29 is 31.1 Å². The molecule has 3 unspecified atom stereocenters. The molecule has 4 rings (SSSR count). The molecule has 0 saturated carbocycles. The lowest BCUT2D eigenvalue weighted by atomic mass is 9.82. The number of carbonyl (C=O) groups excluding carboxylic acids is 1. The fourth-order valence-corrected chi connectivity index (χ4v) is 6.61. The zero-order chi connectivity index (χ0) is 23.0. The number of fused-ring (bicyclic) bond motifs is 2. The summed E-state index contributed by atoms with van der Waals surface area (Å²) in [5, 5.41) is 0. The molecule has 3 aliphatic rings. The number of amides is 1. The summed E-state index contributed by atoms with van der Waals surface area (Å²) in [7, 11) is -3.70. The summed E-state index contributed by atoms with van der Waals surface area (Å²) in [5.41, 5.74) is 6.34. The Balaban J connectivity index is 1.39. The summed E-state index contributed by atoms with van der Waals surface area (Å²) in [6.07, 6.45) is 2.73. The van der Waals surface area contributed by atoms with Gasteiger partial charge in [-0.25, -0.2) is 21.6 Å². The summed E-state index contributed by atoms with van der Waals surface area (Å²) >= 11 is 0. The predicted octanol–water partition coefficient (Wildman–Crippen LogP) is 1.41. The number of hydrogen-bond acceptors (Lipinski definition) is 5. The normalized spacial score (nSPS) is 27.5. The Labute approximate surface area is 185 Å². The maximum absolute atomic E-state index is 14.0. The van der Waals surface area contributed by atoms with E-state index in [1.54, 1.807) is 4.90 Å². The SMILES string of the molecule is NC(Cc1cc(F)c(F)cc1F)C1CC2CCC(C1)N2C(=O)CS(=O)(=O)N1CCOCC1. The highest BCUT2D eigenvalue weighted by Crippen LogP contribution is 2.40. The van der Waals surface area contributed by atoms with Crippen LogP contribution in [-0.4, -0.2) is 73.7 Å². The van der Waals surface area contributed by atoms with Crippen LogP contribution in [0.4, 0.5) is 13.2 Å². The lowest BCUT2D eigenvalue weighted by Gasteiger charge is -2.41. The van der Waals surface area contributed by atoms with Crippen molar-refractivity contribution in [2.45, 2.75) is 50.2 Å². The zero-order valence-corrected chi connectivity index (χ0v) is 18.5. The number of nitrogens with zero attached hydrogens (tertiary/aromatic N) is 2. The first-order valence-electron chi connectivity index (χ1n) is 10.9. The quantitative estimate of drug-likeness (QED) is 0.628. The topological polar surface area (TPSA) is 92.9 Å². The number of halogens is 3. The summed E-state index contributed by atoms with van der Waals surface area (Å²) < 4.78 is 72.5. The second-order valence-corrected chi connectivity index (χ2v) is 10.9. The van der Waals surface area contributed by atoms with Gasteiger partial charge in [0, 0.05) is 37.3 Å². The number of carbonyl (C=O) groups is 1. The molecule has 3 aliphatic heterocycles. The Bertz CT molecular complexity index is 957. The lowest BCUT2D eigenvalue weighted by molar-refractivity contribution is -0.133. The fourth-order valence-electron chi connectivity index (χ4n) is 5.26. The van der Waals surface area contributed by atoms with E-state index in [9.17, 15) is 26.4 Å². The van der Waals surface area contributed by atoms with E-state index in [1.165, 1.54) is 4.31 Å². The molecule has 11 heteroatoms. The van der Waals surface area contributed by atoms with Gasteiger partial charge in [0.2, 0.25) is 15.9 Å². The summed E-state index contributed by atoms with van der Waals surface area (Å²) in [6.45, 7) is 1.14. The number of hydrogen-bond donors (Lipinski definition) is 1. The second kappa shape index (κ2) is 9.28. The fraction of sp³-hybridized carbons (Fsp3) is 0.667. The van der Waals surface area contributed by atoms with Crippen molar-refractivity contribution in [3.63, 3.8) is 0 Å². The third kappa shape index (κ3) is 4.80. The van der Waals surface area contributed by atoms with Crippen LogP contribution in [0.3, 0.4) is 0 Å². The molecule has 3 fully saturated rings. The van der Waals surface area contributed by atoms with E-state index in [0.29, 0.717) is 32.1 Å². The van der Waals surface area contributed by atoms with Crippen LogP contribution in [0.15, 0.2) is 12.1 Å². The van der Waals surface area contributed by atoms with Crippen LogP contribution >= 0.6 is 0 Å². The van der Waals surface area contributed by atoms with Gasteiger partial charge < -0.3 is 15.4 Å². The van der Waals surface area contributed by atoms with Gasteiger partial charge in [-0.2, -0.15) is 4.31 Å². The van der Waals surface area contributed by atoms with Crippen LogP contribution in [0.2, 0.25) is 0 Å². The van der Waals surface area contributed by atoms with E-state index >= 15 is 0 Å². The molecule has 1 amide bonds. The number of nitrogens with two attached hydrogens (primary N) is 1. The molecule has 0 spiro atoms. The van der Waals surface area contributed by atoms with Crippen molar-refractivity contribution in [1.82, 2.24) is 9.21 Å².